The second-order valence-electron chi connectivity index (χ2n) is 6.46. The molecular formula is C17H21NO4. The highest BCUT2D eigenvalue weighted by atomic mass is 16.8. The third kappa shape index (κ3) is 2.24. The largest absolute Gasteiger partial charge is 0.371 e. The van der Waals surface area contributed by atoms with Crippen molar-refractivity contribution >= 4 is 5.91 Å². The molecule has 1 unspecified atom stereocenters. The van der Waals surface area contributed by atoms with E-state index in [4.69, 9.17) is 9.47 Å². The van der Waals surface area contributed by atoms with Crippen LogP contribution in [0.25, 0.3) is 0 Å². The van der Waals surface area contributed by atoms with Crippen LogP contribution in [-0.4, -0.2) is 40.1 Å². The Bertz CT molecular complexity index is 555. The second-order valence-corrected chi connectivity index (χ2v) is 6.46. The number of nitrogens with zero attached hydrogens (tertiary/aromatic N) is 1. The van der Waals surface area contributed by atoms with Gasteiger partial charge in [0.1, 0.15) is 6.10 Å². The maximum absolute atomic E-state index is 12.6. The van der Waals surface area contributed by atoms with E-state index < -0.39 is 24.2 Å². The van der Waals surface area contributed by atoms with E-state index in [1.54, 1.807) is 0 Å². The normalized spacial score (nSPS) is 33.4. The number of benzene rings is 1. The number of aliphatic hydroxyl groups is 1. The summed E-state index contributed by atoms with van der Waals surface area (Å²) in [5.41, 5.74) is 0.988. The van der Waals surface area contributed by atoms with E-state index in [0.717, 1.165) is 31.2 Å². The Morgan fingerprint density at radius 3 is 2.55 bits per heavy atom. The molecule has 2 saturated heterocycles. The van der Waals surface area contributed by atoms with Gasteiger partial charge >= 0.3 is 0 Å². The molecule has 5 nitrogen and oxygen atoms in total. The molecule has 3 fully saturated rings. The van der Waals surface area contributed by atoms with Crippen LogP contribution in [0.2, 0.25) is 0 Å². The molecule has 1 saturated carbocycles. The first-order chi connectivity index (χ1) is 10.7. The molecule has 0 radical (unpaired) electrons. The van der Waals surface area contributed by atoms with Crippen LogP contribution < -0.4 is 0 Å². The highest BCUT2D eigenvalue weighted by Crippen LogP contribution is 2.44. The van der Waals surface area contributed by atoms with Crippen molar-refractivity contribution in [1.29, 1.82) is 0 Å². The lowest BCUT2D eigenvalue weighted by Crippen LogP contribution is -2.42. The first-order valence-electron chi connectivity index (χ1n) is 8.07. The fourth-order valence-corrected chi connectivity index (χ4v) is 3.79. The van der Waals surface area contributed by atoms with Gasteiger partial charge in [-0.25, -0.2) is 0 Å². The van der Waals surface area contributed by atoms with Crippen molar-refractivity contribution in [2.24, 2.45) is 0 Å². The van der Waals surface area contributed by atoms with Crippen LogP contribution in [0.3, 0.4) is 0 Å². The number of fused-ring (bicyclic) bond motifs is 1. The lowest BCUT2D eigenvalue weighted by Gasteiger charge is -2.34. The molecular weight excluding hydrogens is 282 g/mol. The summed E-state index contributed by atoms with van der Waals surface area (Å²) in [6.45, 7) is 0.382. The van der Waals surface area contributed by atoms with Crippen molar-refractivity contribution in [3.63, 3.8) is 0 Å². The Kier molecular flexibility index (Phi) is 3.44. The lowest BCUT2D eigenvalue weighted by molar-refractivity contribution is -0.218. The lowest BCUT2D eigenvalue weighted by atomic mass is 9.94. The fourth-order valence-electron chi connectivity index (χ4n) is 3.79. The molecule has 1 amide bonds. The zero-order chi connectivity index (χ0) is 15.2. The molecule has 5 heteroatoms. The predicted octanol–water partition coefficient (Wildman–Crippen LogP) is 1.79. The molecule has 1 aromatic rings. The maximum Gasteiger partial charge on any atom is 0.257 e. The Morgan fingerprint density at radius 1 is 1.14 bits per heavy atom. The predicted molar refractivity (Wildman–Crippen MR) is 78.6 cm³/mol. The average molecular weight is 303 g/mol. The molecule has 22 heavy (non-hydrogen) atoms. The van der Waals surface area contributed by atoms with Gasteiger partial charge in [-0.1, -0.05) is 36.8 Å². The van der Waals surface area contributed by atoms with Gasteiger partial charge in [0, 0.05) is 19.4 Å². The van der Waals surface area contributed by atoms with E-state index in [2.05, 4.69) is 0 Å². The third-order valence-corrected chi connectivity index (χ3v) is 4.94. The molecule has 2 heterocycles. The highest BCUT2D eigenvalue weighted by molar-refractivity contribution is 5.85. The highest BCUT2D eigenvalue weighted by Gasteiger charge is 2.59. The summed E-state index contributed by atoms with van der Waals surface area (Å²) < 4.78 is 12.0. The quantitative estimate of drug-likeness (QED) is 0.905. The number of likely N-dealkylation sites (tertiary alicyclic amines) is 1. The molecule has 4 rings (SSSR count). The fraction of sp³-hybridized carbons (Fsp3) is 0.588. The SMILES string of the molecule is O=C1[C@H]2OC3(CCCCC3)O[C@H]2C(O)N1Cc1ccccc1. The topological polar surface area (TPSA) is 59.0 Å². The van der Waals surface area contributed by atoms with Gasteiger partial charge in [-0.3, -0.25) is 4.79 Å². The first kappa shape index (κ1) is 14.2. The van der Waals surface area contributed by atoms with Gasteiger partial charge in [-0.05, 0) is 18.4 Å². The van der Waals surface area contributed by atoms with Crippen molar-refractivity contribution in [1.82, 2.24) is 4.90 Å². The number of hydrogen-bond acceptors (Lipinski definition) is 4. The van der Waals surface area contributed by atoms with Crippen molar-refractivity contribution in [2.45, 2.75) is 62.9 Å². The second kappa shape index (κ2) is 5.33. The van der Waals surface area contributed by atoms with Gasteiger partial charge < -0.3 is 19.5 Å². The molecule has 0 aromatic heterocycles. The van der Waals surface area contributed by atoms with Crippen LogP contribution in [0, 0.1) is 0 Å². The van der Waals surface area contributed by atoms with Gasteiger partial charge in [0.2, 0.25) is 0 Å². The minimum absolute atomic E-state index is 0.163. The Hall–Kier alpha value is -1.43. The van der Waals surface area contributed by atoms with Gasteiger partial charge in [-0.15, -0.1) is 0 Å². The molecule has 3 aliphatic rings. The van der Waals surface area contributed by atoms with Gasteiger partial charge in [0.05, 0.1) is 0 Å². The van der Waals surface area contributed by atoms with Gasteiger partial charge in [0.15, 0.2) is 18.1 Å². The van der Waals surface area contributed by atoms with E-state index in [9.17, 15) is 9.90 Å². The van der Waals surface area contributed by atoms with E-state index in [1.165, 1.54) is 11.3 Å². The van der Waals surface area contributed by atoms with E-state index in [-0.39, 0.29) is 5.91 Å². The summed E-state index contributed by atoms with van der Waals surface area (Å²) in [5, 5.41) is 10.5. The Morgan fingerprint density at radius 2 is 1.86 bits per heavy atom. The summed E-state index contributed by atoms with van der Waals surface area (Å²) in [7, 11) is 0. The standard InChI is InChI=1S/C17H21NO4/c19-15-13-14(22-17(21-13)9-5-2-6-10-17)16(20)18(15)11-12-7-3-1-4-8-12/h1,3-4,7-8,13-15,19H,2,5-6,9-11H2/t13-,14+,15?/m1/s1. The molecule has 1 N–H and O–H groups in total. The number of carbonyl (C=O) groups excluding carboxylic acids is 1. The van der Waals surface area contributed by atoms with Crippen LogP contribution in [0.5, 0.6) is 0 Å². The first-order valence-corrected chi connectivity index (χ1v) is 8.07. The van der Waals surface area contributed by atoms with Crippen LogP contribution >= 0.6 is 0 Å². The molecule has 2 aliphatic heterocycles. The maximum atomic E-state index is 12.6. The monoisotopic (exact) mass is 303 g/mol. The minimum atomic E-state index is -0.931. The third-order valence-electron chi connectivity index (χ3n) is 4.94. The summed E-state index contributed by atoms with van der Waals surface area (Å²) in [4.78, 5) is 14.0. The van der Waals surface area contributed by atoms with E-state index >= 15 is 0 Å². The summed E-state index contributed by atoms with van der Waals surface area (Å²) in [6.07, 6.45) is 2.78. The van der Waals surface area contributed by atoms with Gasteiger partial charge in [-0.2, -0.15) is 0 Å². The molecule has 0 bridgehead atoms. The number of rotatable bonds is 2. The summed E-state index contributed by atoms with van der Waals surface area (Å²) in [5.74, 6) is -0.799. The number of amides is 1. The molecule has 1 aromatic carbocycles. The van der Waals surface area contributed by atoms with Crippen LogP contribution in [-0.2, 0) is 20.8 Å². The molecule has 118 valence electrons. The van der Waals surface area contributed by atoms with Gasteiger partial charge in [0.25, 0.3) is 5.91 Å². The number of ether oxygens (including phenoxy) is 2. The zero-order valence-electron chi connectivity index (χ0n) is 12.5. The molecule has 1 aliphatic carbocycles. The minimum Gasteiger partial charge on any atom is -0.371 e. The summed E-state index contributed by atoms with van der Waals surface area (Å²) in [6, 6.07) is 9.66. The number of aliphatic hydroxyl groups excluding tert-OH is 1. The van der Waals surface area contributed by atoms with Crippen LogP contribution in [0.15, 0.2) is 30.3 Å². The average Bonchev–Trinajstić information content (AvgIpc) is 3.00. The smallest absolute Gasteiger partial charge is 0.257 e. The van der Waals surface area contributed by atoms with Crippen molar-refractivity contribution < 1.29 is 19.4 Å². The Labute approximate surface area is 129 Å². The molecule has 1 spiro atoms. The van der Waals surface area contributed by atoms with E-state index in [0.29, 0.717) is 6.54 Å². The van der Waals surface area contributed by atoms with Crippen LogP contribution in [0.4, 0.5) is 0 Å². The summed E-state index contributed by atoms with van der Waals surface area (Å²) >= 11 is 0. The van der Waals surface area contributed by atoms with Crippen molar-refractivity contribution in [3.8, 4) is 0 Å². The number of carbonyl (C=O) groups is 1. The Balaban J connectivity index is 1.50. The van der Waals surface area contributed by atoms with Crippen molar-refractivity contribution in [2.75, 3.05) is 0 Å². The number of hydrogen-bond donors (Lipinski definition) is 1. The van der Waals surface area contributed by atoms with Crippen molar-refractivity contribution in [3.05, 3.63) is 35.9 Å². The van der Waals surface area contributed by atoms with E-state index in [1.807, 2.05) is 30.3 Å². The van der Waals surface area contributed by atoms with Crippen LogP contribution in [0.1, 0.15) is 37.7 Å². The zero-order valence-corrected chi connectivity index (χ0v) is 12.5. The molecule has 3 atom stereocenters.